The summed E-state index contributed by atoms with van der Waals surface area (Å²) in [5.41, 5.74) is 0. The van der Waals surface area contributed by atoms with Crippen molar-refractivity contribution >= 4 is 5.97 Å². The molecule has 0 heterocycles. The van der Waals surface area contributed by atoms with Crippen molar-refractivity contribution in [2.45, 2.75) is 26.4 Å². The van der Waals surface area contributed by atoms with E-state index in [1.807, 2.05) is 0 Å². The average Bonchev–Trinajstić information content (AvgIpc) is 2.14. The quantitative estimate of drug-likeness (QED) is 0.747. The third-order valence-corrected chi connectivity index (χ3v) is 1.93. The molecule has 0 aliphatic carbocycles. The molecule has 0 saturated heterocycles. The highest BCUT2D eigenvalue weighted by atomic mass is 19.1. The van der Waals surface area contributed by atoms with Crippen molar-refractivity contribution in [2.75, 3.05) is 6.61 Å². The number of esters is 1. The maximum absolute atomic E-state index is 12.9. The van der Waals surface area contributed by atoms with Gasteiger partial charge in [0.05, 0.1) is 13.0 Å². The van der Waals surface area contributed by atoms with Crippen LogP contribution in [0.25, 0.3) is 0 Å². The minimum absolute atomic E-state index is 0.0337. The van der Waals surface area contributed by atoms with E-state index in [0.29, 0.717) is 6.61 Å². The minimum atomic E-state index is -0.719. The van der Waals surface area contributed by atoms with Crippen molar-refractivity contribution in [3.63, 3.8) is 0 Å². The van der Waals surface area contributed by atoms with Gasteiger partial charge in [-0.25, -0.2) is 8.78 Å². The molecule has 0 N–H and O–H groups in total. The number of halogens is 2. The van der Waals surface area contributed by atoms with Crippen molar-refractivity contribution in [2.24, 2.45) is 0 Å². The maximum atomic E-state index is 12.9. The van der Waals surface area contributed by atoms with Crippen LogP contribution in [0.4, 0.5) is 8.78 Å². The predicted molar refractivity (Wildman–Crippen MR) is 57.7 cm³/mol. The Balaban J connectivity index is 2.55. The molecule has 1 atom stereocenters. The standard InChI is InChI=1S/C12H14F2O3/c1-3-16-12(15)4-8(2)17-11-6-9(13)5-10(14)7-11/h5-8H,3-4H2,1-2H3. The molecule has 1 unspecified atom stereocenters. The molecule has 0 aliphatic heterocycles. The molecule has 3 nitrogen and oxygen atoms in total. The van der Waals surface area contributed by atoms with E-state index in [9.17, 15) is 13.6 Å². The molecule has 94 valence electrons. The highest BCUT2D eigenvalue weighted by Gasteiger charge is 2.12. The van der Waals surface area contributed by atoms with Gasteiger partial charge in [0.25, 0.3) is 0 Å². The summed E-state index contributed by atoms with van der Waals surface area (Å²) in [5.74, 6) is -1.79. The molecular formula is C12H14F2O3. The smallest absolute Gasteiger partial charge is 0.309 e. The maximum Gasteiger partial charge on any atom is 0.309 e. The Bertz CT molecular complexity index is 373. The van der Waals surface area contributed by atoms with E-state index in [1.165, 1.54) is 0 Å². The largest absolute Gasteiger partial charge is 0.490 e. The second kappa shape index (κ2) is 6.18. The molecule has 0 amide bonds. The summed E-state index contributed by atoms with van der Waals surface area (Å²) in [6.07, 6.45) is -0.471. The molecule has 0 radical (unpaired) electrons. The third-order valence-electron chi connectivity index (χ3n) is 1.93. The first-order valence-corrected chi connectivity index (χ1v) is 5.29. The molecule has 0 bridgehead atoms. The van der Waals surface area contributed by atoms with Gasteiger partial charge in [0, 0.05) is 18.2 Å². The Morgan fingerprint density at radius 3 is 2.41 bits per heavy atom. The molecule has 1 aromatic carbocycles. The van der Waals surface area contributed by atoms with Crippen LogP contribution < -0.4 is 4.74 Å². The van der Waals surface area contributed by atoms with Crippen LogP contribution in [0.3, 0.4) is 0 Å². The summed E-state index contributed by atoms with van der Waals surface area (Å²) < 4.78 is 35.6. The summed E-state index contributed by atoms with van der Waals surface area (Å²) in [6.45, 7) is 3.62. The molecule has 0 saturated carbocycles. The number of benzene rings is 1. The van der Waals surface area contributed by atoms with Gasteiger partial charge >= 0.3 is 5.97 Å². The lowest BCUT2D eigenvalue weighted by atomic mass is 10.2. The summed E-state index contributed by atoms with van der Waals surface area (Å²) in [5, 5.41) is 0. The zero-order valence-electron chi connectivity index (χ0n) is 9.70. The van der Waals surface area contributed by atoms with E-state index in [1.54, 1.807) is 13.8 Å². The molecule has 0 fully saturated rings. The second-order valence-electron chi connectivity index (χ2n) is 3.54. The van der Waals surface area contributed by atoms with Crippen LogP contribution in [0, 0.1) is 11.6 Å². The van der Waals surface area contributed by atoms with Crippen molar-refractivity contribution in [1.82, 2.24) is 0 Å². The van der Waals surface area contributed by atoms with Gasteiger partial charge in [-0.15, -0.1) is 0 Å². The number of hydrogen-bond acceptors (Lipinski definition) is 3. The Morgan fingerprint density at radius 1 is 1.29 bits per heavy atom. The number of carbonyl (C=O) groups excluding carboxylic acids is 1. The molecule has 0 aliphatic rings. The molecular weight excluding hydrogens is 230 g/mol. The zero-order valence-corrected chi connectivity index (χ0v) is 9.70. The molecule has 17 heavy (non-hydrogen) atoms. The van der Waals surface area contributed by atoms with Crippen LogP contribution in [0.15, 0.2) is 18.2 Å². The lowest BCUT2D eigenvalue weighted by Gasteiger charge is -2.13. The first kappa shape index (κ1) is 13.4. The van der Waals surface area contributed by atoms with Crippen LogP contribution >= 0.6 is 0 Å². The summed E-state index contributed by atoms with van der Waals surface area (Å²) in [4.78, 5) is 11.1. The molecule has 0 aromatic heterocycles. The van der Waals surface area contributed by atoms with Crippen LogP contribution in [0.5, 0.6) is 5.75 Å². The van der Waals surface area contributed by atoms with Crippen molar-refractivity contribution < 1.29 is 23.0 Å². The Labute approximate surface area is 98.3 Å². The number of rotatable bonds is 5. The van der Waals surface area contributed by atoms with Gasteiger partial charge in [-0.1, -0.05) is 0 Å². The van der Waals surface area contributed by atoms with Gasteiger partial charge in [0.15, 0.2) is 0 Å². The summed E-state index contributed by atoms with van der Waals surface area (Å²) >= 11 is 0. The van der Waals surface area contributed by atoms with Crippen LogP contribution in [0.1, 0.15) is 20.3 Å². The van der Waals surface area contributed by atoms with Crippen molar-refractivity contribution in [1.29, 1.82) is 0 Å². The third kappa shape index (κ3) is 4.80. The molecule has 1 rings (SSSR count). The molecule has 1 aromatic rings. The van der Waals surface area contributed by atoms with E-state index in [0.717, 1.165) is 18.2 Å². The van der Waals surface area contributed by atoms with Gasteiger partial charge in [0.1, 0.15) is 23.5 Å². The van der Waals surface area contributed by atoms with Crippen LogP contribution in [-0.4, -0.2) is 18.7 Å². The van der Waals surface area contributed by atoms with E-state index < -0.39 is 23.7 Å². The number of ether oxygens (including phenoxy) is 2. The second-order valence-corrected chi connectivity index (χ2v) is 3.54. The summed E-state index contributed by atoms with van der Waals surface area (Å²) in [6, 6.07) is 2.87. The Hall–Kier alpha value is -1.65. The summed E-state index contributed by atoms with van der Waals surface area (Å²) in [7, 11) is 0. The fourth-order valence-corrected chi connectivity index (χ4v) is 1.33. The normalized spacial score (nSPS) is 12.0. The SMILES string of the molecule is CCOC(=O)CC(C)Oc1cc(F)cc(F)c1. The van der Waals surface area contributed by atoms with Gasteiger partial charge < -0.3 is 9.47 Å². The molecule has 5 heteroatoms. The Morgan fingerprint density at radius 2 is 1.88 bits per heavy atom. The van der Waals surface area contributed by atoms with Gasteiger partial charge in [-0.3, -0.25) is 4.79 Å². The topological polar surface area (TPSA) is 35.5 Å². The van der Waals surface area contributed by atoms with Crippen molar-refractivity contribution in [3.8, 4) is 5.75 Å². The zero-order chi connectivity index (χ0) is 12.8. The van der Waals surface area contributed by atoms with E-state index in [-0.39, 0.29) is 12.2 Å². The van der Waals surface area contributed by atoms with Gasteiger partial charge in [-0.2, -0.15) is 0 Å². The highest BCUT2D eigenvalue weighted by Crippen LogP contribution is 2.17. The monoisotopic (exact) mass is 244 g/mol. The number of carbonyl (C=O) groups is 1. The predicted octanol–water partition coefficient (Wildman–Crippen LogP) is 2.69. The van der Waals surface area contributed by atoms with E-state index in [2.05, 4.69) is 0 Å². The van der Waals surface area contributed by atoms with Crippen LogP contribution in [0.2, 0.25) is 0 Å². The van der Waals surface area contributed by atoms with E-state index >= 15 is 0 Å². The van der Waals surface area contributed by atoms with Crippen molar-refractivity contribution in [3.05, 3.63) is 29.8 Å². The Kier molecular flexibility index (Phi) is 4.87. The van der Waals surface area contributed by atoms with E-state index in [4.69, 9.17) is 9.47 Å². The lowest BCUT2D eigenvalue weighted by Crippen LogP contribution is -2.18. The molecule has 0 spiro atoms. The fourth-order valence-electron chi connectivity index (χ4n) is 1.33. The highest BCUT2D eigenvalue weighted by molar-refractivity contribution is 5.69. The fraction of sp³-hybridized carbons (Fsp3) is 0.417. The van der Waals surface area contributed by atoms with Gasteiger partial charge in [0.2, 0.25) is 0 Å². The van der Waals surface area contributed by atoms with Crippen LogP contribution in [-0.2, 0) is 9.53 Å². The first-order chi connectivity index (χ1) is 8.01. The number of hydrogen-bond donors (Lipinski definition) is 0. The average molecular weight is 244 g/mol. The van der Waals surface area contributed by atoms with Gasteiger partial charge in [-0.05, 0) is 13.8 Å². The first-order valence-electron chi connectivity index (χ1n) is 5.29. The minimum Gasteiger partial charge on any atom is -0.490 e. The lowest BCUT2D eigenvalue weighted by molar-refractivity contribution is -0.144.